The zero-order valence-electron chi connectivity index (χ0n) is 31.4. The maximum absolute atomic E-state index is 14.3. The minimum absolute atomic E-state index is 0.0299. The van der Waals surface area contributed by atoms with Gasteiger partial charge >= 0.3 is 12.1 Å². The zero-order chi connectivity index (χ0) is 37.0. The first-order valence-corrected chi connectivity index (χ1v) is 20.0. The summed E-state index contributed by atoms with van der Waals surface area (Å²) < 4.78 is 6.18. The van der Waals surface area contributed by atoms with Crippen molar-refractivity contribution in [1.82, 2.24) is 29.6 Å². The first-order chi connectivity index (χ1) is 26.4. The second kappa shape index (κ2) is 16.2. The number of amides is 4. The fraction of sp³-hybridized carbons (Fsp3) is 0.488. The summed E-state index contributed by atoms with van der Waals surface area (Å²) in [5, 5.41) is 3.07. The Morgan fingerprint density at radius 3 is 2.26 bits per heavy atom. The normalized spacial score (nSPS) is 20.0. The molecule has 4 aromatic rings. The smallest absolute Gasteiger partial charge is 0.410 e. The number of hydrogen-bond acceptors (Lipinski definition) is 6. The summed E-state index contributed by atoms with van der Waals surface area (Å²) in [5.41, 5.74) is 7.12. The Morgan fingerprint density at radius 2 is 1.50 bits per heavy atom. The summed E-state index contributed by atoms with van der Waals surface area (Å²) in [4.78, 5) is 57.0. The molecule has 0 saturated carbocycles. The van der Waals surface area contributed by atoms with Crippen molar-refractivity contribution in [3.63, 3.8) is 0 Å². The topological polar surface area (TPSA) is 114 Å². The fourth-order valence-electron chi connectivity index (χ4n) is 9.33. The third-order valence-corrected chi connectivity index (χ3v) is 12.4. The number of benzene rings is 3. The molecule has 2 N–H and O–H groups in total. The van der Waals surface area contributed by atoms with Crippen LogP contribution in [0, 0.1) is 18.8 Å². The standard InChI is InChI=1S/C43H53N7O4/c1-30-25-32(26-38-40(30)45-29-44-38)27-39(41(51)48-20-13-34(14-21-48)33-11-18-47(19-12-33)28-31-7-3-2-4-8-31)54-43(53)49-22-16-36(17-23-49)50-24-15-35-9-5-6-10-37(35)46-42(50)52/h2-10,25-26,29,33-34,36,39H,11-24,27-28H2,1H3,(H,44,45)(H,46,52)/t39-/m1/s1. The summed E-state index contributed by atoms with van der Waals surface area (Å²) in [6, 6.07) is 22.7. The maximum Gasteiger partial charge on any atom is 0.410 e. The number of nitrogens with one attached hydrogen (secondary N) is 2. The molecule has 0 radical (unpaired) electrons. The van der Waals surface area contributed by atoms with Gasteiger partial charge in [-0.2, -0.15) is 0 Å². The van der Waals surface area contributed by atoms with Gasteiger partial charge in [-0.1, -0.05) is 54.6 Å². The lowest BCUT2D eigenvalue weighted by Crippen LogP contribution is -2.52. The number of carbonyl (C=O) groups excluding carboxylic acids is 3. The molecule has 54 heavy (non-hydrogen) atoms. The number of anilines is 1. The molecule has 3 saturated heterocycles. The van der Waals surface area contributed by atoms with Gasteiger partial charge in [-0.25, -0.2) is 14.6 Å². The number of piperidine rings is 3. The predicted molar refractivity (Wildman–Crippen MR) is 209 cm³/mol. The molecule has 0 bridgehead atoms. The molecule has 4 amide bonds. The van der Waals surface area contributed by atoms with Gasteiger partial charge in [0.1, 0.15) is 0 Å². The Balaban J connectivity index is 0.881. The summed E-state index contributed by atoms with van der Waals surface area (Å²) >= 11 is 0. The molecule has 3 aromatic carbocycles. The molecule has 0 unspecified atom stereocenters. The fourth-order valence-corrected chi connectivity index (χ4v) is 9.33. The summed E-state index contributed by atoms with van der Waals surface area (Å²) in [6.45, 7) is 8.21. The van der Waals surface area contributed by atoms with Crippen molar-refractivity contribution in [1.29, 1.82) is 0 Å². The molecular weight excluding hydrogens is 679 g/mol. The molecule has 11 heteroatoms. The van der Waals surface area contributed by atoms with Gasteiger partial charge in [-0.3, -0.25) is 9.69 Å². The number of imidazole rings is 1. The van der Waals surface area contributed by atoms with Crippen molar-refractivity contribution in [2.75, 3.05) is 51.1 Å². The highest BCUT2D eigenvalue weighted by molar-refractivity contribution is 5.91. The molecular formula is C43H53N7O4. The molecule has 4 aliphatic rings. The lowest BCUT2D eigenvalue weighted by atomic mass is 9.78. The monoisotopic (exact) mass is 731 g/mol. The quantitative estimate of drug-likeness (QED) is 0.211. The first kappa shape index (κ1) is 36.1. The Kier molecular flexibility index (Phi) is 10.8. The number of ether oxygens (including phenoxy) is 1. The van der Waals surface area contributed by atoms with Gasteiger partial charge in [-0.05, 0) is 111 Å². The van der Waals surface area contributed by atoms with Crippen molar-refractivity contribution < 1.29 is 19.1 Å². The van der Waals surface area contributed by atoms with Gasteiger partial charge < -0.3 is 29.7 Å². The van der Waals surface area contributed by atoms with Crippen molar-refractivity contribution in [3.05, 3.63) is 95.3 Å². The largest absolute Gasteiger partial charge is 0.436 e. The number of aromatic amines is 1. The lowest BCUT2D eigenvalue weighted by molar-refractivity contribution is -0.142. The van der Waals surface area contributed by atoms with Crippen molar-refractivity contribution in [3.8, 4) is 0 Å². The average Bonchev–Trinajstić information content (AvgIpc) is 3.62. The second-order valence-corrected chi connectivity index (χ2v) is 15.8. The number of urea groups is 1. The second-order valence-electron chi connectivity index (χ2n) is 15.8. The van der Waals surface area contributed by atoms with Crippen LogP contribution in [-0.2, 0) is 28.9 Å². The number of H-pyrrole nitrogens is 1. The Hall–Kier alpha value is -4.90. The Labute approximate surface area is 318 Å². The van der Waals surface area contributed by atoms with Crippen molar-refractivity contribution in [2.24, 2.45) is 11.8 Å². The van der Waals surface area contributed by atoms with E-state index >= 15 is 0 Å². The van der Waals surface area contributed by atoms with E-state index in [1.54, 1.807) is 11.2 Å². The van der Waals surface area contributed by atoms with Gasteiger partial charge in [0, 0.05) is 57.4 Å². The van der Waals surface area contributed by atoms with Crippen LogP contribution in [0.15, 0.2) is 73.1 Å². The molecule has 0 spiro atoms. The van der Waals surface area contributed by atoms with Gasteiger partial charge in [0.25, 0.3) is 5.91 Å². The number of nitrogens with zero attached hydrogens (tertiary/aromatic N) is 5. The van der Waals surface area contributed by atoms with Crippen LogP contribution < -0.4 is 5.32 Å². The number of aryl methyl sites for hydroxylation is 1. The maximum atomic E-state index is 14.3. The molecule has 5 heterocycles. The SMILES string of the molecule is Cc1cc(C[C@@H](OC(=O)N2CCC(N3CCc4ccccc4NC3=O)CC2)C(=O)N2CCC(C3CCN(Cc4ccccc4)CC3)CC2)cc2[nH]cnc12. The molecule has 11 nitrogen and oxygen atoms in total. The number of fused-ring (bicyclic) bond motifs is 2. The minimum Gasteiger partial charge on any atom is -0.436 e. The number of carbonyl (C=O) groups is 3. The van der Waals surface area contributed by atoms with Crippen LogP contribution in [0.3, 0.4) is 0 Å². The molecule has 1 atom stereocenters. The number of aromatic nitrogens is 2. The van der Waals surface area contributed by atoms with E-state index in [2.05, 4.69) is 56.6 Å². The zero-order valence-corrected chi connectivity index (χ0v) is 31.4. The Morgan fingerprint density at radius 1 is 0.815 bits per heavy atom. The van der Waals surface area contributed by atoms with E-state index < -0.39 is 12.2 Å². The molecule has 4 aliphatic heterocycles. The van der Waals surface area contributed by atoms with Crippen LogP contribution in [0.25, 0.3) is 11.0 Å². The van der Waals surface area contributed by atoms with Crippen molar-refractivity contribution >= 4 is 34.8 Å². The number of para-hydroxylation sites is 1. The minimum atomic E-state index is -0.928. The highest BCUT2D eigenvalue weighted by atomic mass is 16.6. The number of rotatable bonds is 8. The summed E-state index contributed by atoms with van der Waals surface area (Å²) in [5.74, 6) is 1.18. The van der Waals surface area contributed by atoms with E-state index in [0.29, 0.717) is 63.8 Å². The van der Waals surface area contributed by atoms with E-state index in [4.69, 9.17) is 4.74 Å². The van der Waals surface area contributed by atoms with Gasteiger partial charge in [0.15, 0.2) is 6.10 Å². The van der Waals surface area contributed by atoms with Crippen LogP contribution in [0.4, 0.5) is 15.3 Å². The molecule has 8 rings (SSSR count). The third-order valence-electron chi connectivity index (χ3n) is 12.4. The highest BCUT2D eigenvalue weighted by Crippen LogP contribution is 2.34. The van der Waals surface area contributed by atoms with E-state index in [-0.39, 0.29) is 18.0 Å². The third kappa shape index (κ3) is 8.11. The summed E-state index contributed by atoms with van der Waals surface area (Å²) in [7, 11) is 0. The van der Waals surface area contributed by atoms with E-state index in [1.165, 1.54) is 18.4 Å². The average molecular weight is 732 g/mol. The molecule has 3 fully saturated rings. The van der Waals surface area contributed by atoms with E-state index in [0.717, 1.165) is 72.3 Å². The number of hydrogen-bond donors (Lipinski definition) is 2. The van der Waals surface area contributed by atoms with E-state index in [9.17, 15) is 14.4 Å². The predicted octanol–water partition coefficient (Wildman–Crippen LogP) is 6.62. The van der Waals surface area contributed by atoms with Gasteiger partial charge in [-0.15, -0.1) is 0 Å². The van der Waals surface area contributed by atoms with Crippen molar-refractivity contribution in [2.45, 2.75) is 77.0 Å². The van der Waals surface area contributed by atoms with Gasteiger partial charge in [0.05, 0.1) is 17.4 Å². The Bertz CT molecular complexity index is 1920. The van der Waals surface area contributed by atoms with Gasteiger partial charge in [0.2, 0.25) is 0 Å². The summed E-state index contributed by atoms with van der Waals surface area (Å²) in [6.07, 6.45) is 7.06. The van der Waals surface area contributed by atoms with E-state index in [1.807, 2.05) is 47.1 Å². The van der Waals surface area contributed by atoms with Crippen LogP contribution in [0.1, 0.15) is 60.8 Å². The van der Waals surface area contributed by atoms with Crippen LogP contribution in [0.2, 0.25) is 0 Å². The number of likely N-dealkylation sites (tertiary alicyclic amines) is 3. The highest BCUT2D eigenvalue weighted by Gasteiger charge is 2.37. The lowest BCUT2D eigenvalue weighted by Gasteiger charge is -2.41. The molecule has 0 aliphatic carbocycles. The van der Waals surface area contributed by atoms with Crippen LogP contribution in [0.5, 0.6) is 0 Å². The first-order valence-electron chi connectivity index (χ1n) is 20.0. The molecule has 1 aromatic heterocycles. The van der Waals surface area contributed by atoms with Crippen LogP contribution >= 0.6 is 0 Å². The molecule has 284 valence electrons. The van der Waals surface area contributed by atoms with Crippen LogP contribution in [-0.4, -0.2) is 106 Å².